The zero-order valence-electron chi connectivity index (χ0n) is 13.4. The van der Waals surface area contributed by atoms with Crippen LogP contribution in [-0.2, 0) is 0 Å². The van der Waals surface area contributed by atoms with E-state index in [0.29, 0.717) is 0 Å². The highest BCUT2D eigenvalue weighted by Gasteiger charge is 1.92. The predicted molar refractivity (Wildman–Crippen MR) is 104 cm³/mol. The van der Waals surface area contributed by atoms with Gasteiger partial charge in [-0.05, 0) is 46.6 Å². The molecule has 0 atom stereocenters. The molecule has 0 saturated heterocycles. The molecule has 0 fully saturated rings. The highest BCUT2D eigenvalue weighted by molar-refractivity contribution is 5.68. The zero-order valence-corrected chi connectivity index (χ0v) is 13.4. The van der Waals surface area contributed by atoms with Crippen molar-refractivity contribution in [3.63, 3.8) is 0 Å². The lowest BCUT2D eigenvalue weighted by Gasteiger charge is -1.97. The summed E-state index contributed by atoms with van der Waals surface area (Å²) < 4.78 is 0. The maximum absolute atomic E-state index is 3.26. The van der Waals surface area contributed by atoms with Gasteiger partial charge in [-0.25, -0.2) is 0 Å². The van der Waals surface area contributed by atoms with Crippen LogP contribution in [0.25, 0.3) is 24.3 Å². The molecule has 0 aliphatic rings. The fourth-order valence-electron chi connectivity index (χ4n) is 2.33. The van der Waals surface area contributed by atoms with Crippen LogP contribution in [0.15, 0.2) is 96.4 Å². The van der Waals surface area contributed by atoms with Crippen LogP contribution in [0.1, 0.15) is 22.3 Å². The molecule has 0 saturated carbocycles. The molecule has 114 valence electrons. The Hall–Kier alpha value is -3.30. The third-order valence-corrected chi connectivity index (χ3v) is 3.57. The number of hydrogen-bond donors (Lipinski definition) is 0. The number of hydrogen-bond acceptors (Lipinski definition) is 0. The SMILES string of the molecule is C(=Cc1ccccc1)=Cc1ccccc1C=C=Cc1ccccc1. The maximum Gasteiger partial charge on any atom is -0.0101 e. The Morgan fingerprint density at radius 1 is 0.417 bits per heavy atom. The van der Waals surface area contributed by atoms with Crippen molar-refractivity contribution in [1.29, 1.82) is 0 Å². The Balaban J connectivity index is 1.83. The number of benzene rings is 3. The van der Waals surface area contributed by atoms with Gasteiger partial charge >= 0.3 is 0 Å². The van der Waals surface area contributed by atoms with Gasteiger partial charge in [-0.2, -0.15) is 0 Å². The summed E-state index contributed by atoms with van der Waals surface area (Å²) >= 11 is 0. The van der Waals surface area contributed by atoms with E-state index in [4.69, 9.17) is 0 Å². The lowest BCUT2D eigenvalue weighted by molar-refractivity contribution is 1.61. The second kappa shape index (κ2) is 8.36. The lowest BCUT2D eigenvalue weighted by atomic mass is 10.1. The quantitative estimate of drug-likeness (QED) is 0.493. The highest BCUT2D eigenvalue weighted by Crippen LogP contribution is 2.12. The standard InChI is InChI=1S/C24H18/c1-3-11-21(12-4-1)15-9-19-23-17-7-8-18-24(23)20-10-16-22-13-5-2-6-14-22/h1-8,11-20H. The lowest BCUT2D eigenvalue weighted by Crippen LogP contribution is -1.77. The van der Waals surface area contributed by atoms with E-state index < -0.39 is 0 Å². The second-order valence-electron chi connectivity index (χ2n) is 5.36. The van der Waals surface area contributed by atoms with E-state index in [1.807, 2.05) is 72.8 Å². The summed E-state index contributed by atoms with van der Waals surface area (Å²) in [6, 6.07) is 28.6. The smallest absolute Gasteiger partial charge is 0.0101 e. The molecule has 0 nitrogen and oxygen atoms in total. The van der Waals surface area contributed by atoms with Crippen molar-refractivity contribution >= 4 is 24.3 Å². The second-order valence-corrected chi connectivity index (χ2v) is 5.36. The van der Waals surface area contributed by atoms with Crippen molar-refractivity contribution in [1.82, 2.24) is 0 Å². The van der Waals surface area contributed by atoms with Crippen molar-refractivity contribution in [2.45, 2.75) is 0 Å². The minimum atomic E-state index is 1.12. The summed E-state index contributed by atoms with van der Waals surface area (Å²) in [5.41, 5.74) is 11.1. The molecular weight excluding hydrogens is 288 g/mol. The minimum absolute atomic E-state index is 1.12. The maximum atomic E-state index is 3.26. The molecular formula is C24H18. The van der Waals surface area contributed by atoms with Gasteiger partial charge in [-0.15, -0.1) is 11.5 Å². The Kier molecular flexibility index (Phi) is 5.43. The Bertz CT molecular complexity index is 824. The summed E-state index contributed by atoms with van der Waals surface area (Å²) in [4.78, 5) is 0. The van der Waals surface area contributed by atoms with Gasteiger partial charge in [0.15, 0.2) is 0 Å². The molecule has 0 amide bonds. The van der Waals surface area contributed by atoms with Gasteiger partial charge in [0.25, 0.3) is 0 Å². The van der Waals surface area contributed by atoms with E-state index in [1.54, 1.807) is 0 Å². The van der Waals surface area contributed by atoms with Crippen LogP contribution < -0.4 is 0 Å². The first kappa shape index (κ1) is 15.6. The van der Waals surface area contributed by atoms with Crippen LogP contribution in [0, 0.1) is 0 Å². The van der Waals surface area contributed by atoms with Crippen molar-refractivity contribution in [3.8, 4) is 0 Å². The van der Waals surface area contributed by atoms with E-state index in [2.05, 4.69) is 47.9 Å². The molecule has 0 bridgehead atoms. The van der Waals surface area contributed by atoms with Gasteiger partial charge < -0.3 is 0 Å². The molecule has 3 aromatic rings. The first-order valence-corrected chi connectivity index (χ1v) is 7.96. The van der Waals surface area contributed by atoms with Gasteiger partial charge in [0, 0.05) is 0 Å². The van der Waals surface area contributed by atoms with Crippen molar-refractivity contribution in [2.24, 2.45) is 0 Å². The van der Waals surface area contributed by atoms with E-state index in [-0.39, 0.29) is 0 Å². The van der Waals surface area contributed by atoms with Gasteiger partial charge in [-0.1, -0.05) is 84.9 Å². The summed E-state index contributed by atoms with van der Waals surface area (Å²) in [5.74, 6) is 0. The molecule has 3 rings (SSSR count). The summed E-state index contributed by atoms with van der Waals surface area (Å²) in [6.45, 7) is 0. The Morgan fingerprint density at radius 2 is 0.792 bits per heavy atom. The van der Waals surface area contributed by atoms with Crippen molar-refractivity contribution in [2.75, 3.05) is 0 Å². The predicted octanol–water partition coefficient (Wildman–Crippen LogP) is 6.34. The molecule has 0 radical (unpaired) electrons. The first-order valence-electron chi connectivity index (χ1n) is 7.96. The fraction of sp³-hybridized carbons (Fsp3) is 0. The van der Waals surface area contributed by atoms with Crippen LogP contribution in [0.5, 0.6) is 0 Å². The van der Waals surface area contributed by atoms with Crippen LogP contribution in [0.3, 0.4) is 0 Å². The fourth-order valence-corrected chi connectivity index (χ4v) is 2.33. The highest BCUT2D eigenvalue weighted by atomic mass is 14.0. The minimum Gasteiger partial charge on any atom is -0.120 e. The molecule has 0 aliphatic carbocycles. The van der Waals surface area contributed by atoms with Gasteiger partial charge in [0.2, 0.25) is 0 Å². The summed E-state index contributed by atoms with van der Waals surface area (Å²) in [7, 11) is 0. The van der Waals surface area contributed by atoms with E-state index in [9.17, 15) is 0 Å². The molecule has 0 heterocycles. The van der Waals surface area contributed by atoms with Gasteiger partial charge in [0.1, 0.15) is 0 Å². The largest absolute Gasteiger partial charge is 0.120 e. The van der Waals surface area contributed by atoms with Crippen LogP contribution >= 0.6 is 0 Å². The molecule has 3 aromatic carbocycles. The van der Waals surface area contributed by atoms with Crippen LogP contribution in [0.2, 0.25) is 0 Å². The zero-order chi connectivity index (χ0) is 16.5. The van der Waals surface area contributed by atoms with Crippen LogP contribution in [-0.4, -0.2) is 0 Å². The molecule has 0 aromatic heterocycles. The topological polar surface area (TPSA) is 0 Å². The van der Waals surface area contributed by atoms with Gasteiger partial charge in [0.05, 0.1) is 0 Å². The Morgan fingerprint density at radius 3 is 1.21 bits per heavy atom. The van der Waals surface area contributed by atoms with E-state index in [1.165, 1.54) is 0 Å². The van der Waals surface area contributed by atoms with Gasteiger partial charge in [-0.3, -0.25) is 0 Å². The third kappa shape index (κ3) is 4.60. The van der Waals surface area contributed by atoms with E-state index >= 15 is 0 Å². The monoisotopic (exact) mass is 306 g/mol. The van der Waals surface area contributed by atoms with E-state index in [0.717, 1.165) is 22.3 Å². The molecule has 0 unspecified atom stereocenters. The molecule has 0 spiro atoms. The Labute approximate surface area is 143 Å². The van der Waals surface area contributed by atoms with Crippen molar-refractivity contribution in [3.05, 3.63) is 119 Å². The van der Waals surface area contributed by atoms with Crippen LogP contribution in [0.4, 0.5) is 0 Å². The number of rotatable bonds is 4. The average molecular weight is 306 g/mol. The third-order valence-electron chi connectivity index (χ3n) is 3.57. The first-order chi connectivity index (χ1) is 11.9. The molecule has 0 heteroatoms. The van der Waals surface area contributed by atoms with Crippen molar-refractivity contribution < 1.29 is 0 Å². The summed E-state index contributed by atoms with van der Waals surface area (Å²) in [6.07, 6.45) is 7.98. The average Bonchev–Trinajstić information content (AvgIpc) is 2.65. The summed E-state index contributed by atoms with van der Waals surface area (Å²) in [5, 5.41) is 0. The molecule has 24 heavy (non-hydrogen) atoms. The molecule has 0 aliphatic heterocycles. The normalized spacial score (nSPS) is 9.33. The molecule has 0 N–H and O–H groups in total.